The molecule has 35 heavy (non-hydrogen) atoms. The molecule has 0 spiro atoms. The Morgan fingerprint density at radius 2 is 1.74 bits per heavy atom. The van der Waals surface area contributed by atoms with E-state index in [1.54, 1.807) is 18.2 Å². The Balaban J connectivity index is 1.38. The number of fused-ring (bicyclic) bond motifs is 3. The minimum absolute atomic E-state index is 0.0751. The van der Waals surface area contributed by atoms with Crippen molar-refractivity contribution in [3.05, 3.63) is 84.5 Å². The maximum Gasteiger partial charge on any atom is 0.407 e. The van der Waals surface area contributed by atoms with Crippen LogP contribution in [0.1, 0.15) is 42.7 Å². The Morgan fingerprint density at radius 3 is 2.37 bits per heavy atom. The predicted molar refractivity (Wildman–Crippen MR) is 133 cm³/mol. The number of benzene rings is 2. The van der Waals surface area contributed by atoms with Crippen molar-refractivity contribution >= 4 is 18.0 Å². The highest BCUT2D eigenvalue weighted by Gasteiger charge is 2.30. The molecule has 2 aliphatic carbocycles. The summed E-state index contributed by atoms with van der Waals surface area (Å²) in [7, 11) is 0. The lowest BCUT2D eigenvalue weighted by atomic mass is 9.91. The summed E-state index contributed by atoms with van der Waals surface area (Å²) in [4.78, 5) is 36.9. The van der Waals surface area contributed by atoms with E-state index in [0.717, 1.165) is 22.3 Å². The number of carboxylic acid groups (broad SMARTS) is 1. The van der Waals surface area contributed by atoms with Crippen molar-refractivity contribution in [2.75, 3.05) is 6.61 Å². The fourth-order valence-corrected chi connectivity index (χ4v) is 4.82. The Hall–Kier alpha value is -3.87. The first-order chi connectivity index (χ1) is 17.0. The highest BCUT2D eigenvalue weighted by molar-refractivity contribution is 5.86. The summed E-state index contributed by atoms with van der Waals surface area (Å²) in [6, 6.07) is 15.0. The van der Waals surface area contributed by atoms with Gasteiger partial charge in [-0.05, 0) is 47.9 Å². The largest absolute Gasteiger partial charge is 0.481 e. The van der Waals surface area contributed by atoms with Crippen molar-refractivity contribution in [3.63, 3.8) is 0 Å². The smallest absolute Gasteiger partial charge is 0.407 e. The van der Waals surface area contributed by atoms with Crippen LogP contribution in [-0.2, 0) is 14.3 Å². The van der Waals surface area contributed by atoms with Crippen molar-refractivity contribution in [1.29, 1.82) is 0 Å². The zero-order valence-electron chi connectivity index (χ0n) is 19.5. The highest BCUT2D eigenvalue weighted by Crippen LogP contribution is 2.44. The van der Waals surface area contributed by atoms with E-state index in [4.69, 9.17) is 4.74 Å². The Bertz CT molecular complexity index is 1100. The van der Waals surface area contributed by atoms with Crippen molar-refractivity contribution in [3.8, 4) is 11.1 Å². The van der Waals surface area contributed by atoms with Crippen LogP contribution in [0.25, 0.3) is 11.1 Å². The normalized spacial score (nSPS) is 19.2. The standard InChI is InChI=1S/C28H30N2O5/c1-2-3-15-25(26(31)29-19-10-8-9-18(16-19)27(32)33)30-28(34)35-17-24-22-13-6-4-11-20(22)21-12-5-7-14-23(21)24/h2,4-8,10-14,18-19,24-25H,1,3,9,15-17H2,(H,29,31)(H,30,34)(H,32,33)/t18-,19-,25?/m1/s1. The van der Waals surface area contributed by atoms with Gasteiger partial charge in [-0.25, -0.2) is 4.79 Å². The van der Waals surface area contributed by atoms with Crippen molar-refractivity contribution < 1.29 is 24.2 Å². The highest BCUT2D eigenvalue weighted by atomic mass is 16.5. The van der Waals surface area contributed by atoms with Gasteiger partial charge in [-0.1, -0.05) is 66.8 Å². The number of rotatable bonds is 9. The number of carbonyl (C=O) groups is 3. The number of ether oxygens (including phenoxy) is 1. The molecule has 3 N–H and O–H groups in total. The van der Waals surface area contributed by atoms with Crippen LogP contribution in [0.5, 0.6) is 0 Å². The summed E-state index contributed by atoms with van der Waals surface area (Å²) < 4.78 is 5.59. The number of alkyl carbamates (subject to hydrolysis) is 1. The van der Waals surface area contributed by atoms with Gasteiger partial charge in [0.05, 0.1) is 5.92 Å². The zero-order valence-corrected chi connectivity index (χ0v) is 19.5. The third-order valence-electron chi connectivity index (χ3n) is 6.62. The fourth-order valence-electron chi connectivity index (χ4n) is 4.82. The molecule has 0 aliphatic heterocycles. The molecule has 0 heterocycles. The van der Waals surface area contributed by atoms with Gasteiger partial charge in [-0.15, -0.1) is 6.58 Å². The van der Waals surface area contributed by atoms with E-state index < -0.39 is 30.1 Å². The lowest BCUT2D eigenvalue weighted by Gasteiger charge is -2.25. The van der Waals surface area contributed by atoms with Crippen LogP contribution >= 0.6 is 0 Å². The van der Waals surface area contributed by atoms with Crippen LogP contribution in [0.3, 0.4) is 0 Å². The van der Waals surface area contributed by atoms with Gasteiger partial charge >= 0.3 is 12.1 Å². The molecule has 2 aromatic carbocycles. The van der Waals surface area contributed by atoms with Crippen LogP contribution < -0.4 is 10.6 Å². The number of hydrogen-bond acceptors (Lipinski definition) is 4. The zero-order chi connectivity index (χ0) is 24.8. The molecule has 2 aromatic rings. The minimum atomic E-state index is -0.881. The van der Waals surface area contributed by atoms with Crippen molar-refractivity contribution in [2.24, 2.45) is 5.92 Å². The molecule has 7 nitrogen and oxygen atoms in total. The molecule has 0 bridgehead atoms. The lowest BCUT2D eigenvalue weighted by Crippen LogP contribution is -2.50. The number of hydrogen-bond donors (Lipinski definition) is 3. The molecule has 0 fully saturated rings. The van der Waals surface area contributed by atoms with E-state index in [9.17, 15) is 19.5 Å². The molecule has 2 amide bonds. The Labute approximate surface area is 204 Å². The van der Waals surface area contributed by atoms with E-state index in [-0.39, 0.29) is 18.4 Å². The summed E-state index contributed by atoms with van der Waals surface area (Å²) in [5.74, 6) is -1.87. The SMILES string of the molecule is C=CCCC(NC(=O)OCC1c2ccccc2-c2ccccc21)C(=O)N[C@@H]1C=CC[C@@H](C(=O)O)C1. The molecule has 0 aromatic heterocycles. The lowest BCUT2D eigenvalue weighted by molar-refractivity contribution is -0.142. The van der Waals surface area contributed by atoms with Crippen LogP contribution in [0.2, 0.25) is 0 Å². The summed E-state index contributed by atoms with van der Waals surface area (Å²) in [5.41, 5.74) is 4.50. The molecule has 2 aliphatic rings. The first-order valence-electron chi connectivity index (χ1n) is 11.9. The van der Waals surface area contributed by atoms with Gasteiger partial charge in [0.15, 0.2) is 0 Å². The number of nitrogens with one attached hydrogen (secondary N) is 2. The molecule has 4 rings (SSSR count). The van der Waals surface area contributed by atoms with Gasteiger partial charge in [0.1, 0.15) is 12.6 Å². The second-order valence-corrected chi connectivity index (χ2v) is 8.94. The van der Waals surface area contributed by atoms with Crippen LogP contribution in [0.4, 0.5) is 4.79 Å². The molecular formula is C28H30N2O5. The van der Waals surface area contributed by atoms with E-state index in [0.29, 0.717) is 25.7 Å². The maximum atomic E-state index is 12.9. The third-order valence-corrected chi connectivity index (χ3v) is 6.62. The number of amides is 2. The second-order valence-electron chi connectivity index (χ2n) is 8.94. The topological polar surface area (TPSA) is 105 Å². The van der Waals surface area contributed by atoms with Crippen LogP contribution in [-0.4, -0.2) is 41.8 Å². The van der Waals surface area contributed by atoms with Crippen LogP contribution in [0, 0.1) is 5.92 Å². The summed E-state index contributed by atoms with van der Waals surface area (Å²) >= 11 is 0. The first kappa shape index (κ1) is 24.3. The molecule has 1 unspecified atom stereocenters. The first-order valence-corrected chi connectivity index (χ1v) is 11.9. The number of allylic oxidation sites excluding steroid dienone is 2. The monoisotopic (exact) mass is 474 g/mol. The molecule has 0 saturated heterocycles. The van der Waals surface area contributed by atoms with Gasteiger partial charge in [0, 0.05) is 12.0 Å². The van der Waals surface area contributed by atoms with Crippen LogP contribution in [0.15, 0.2) is 73.3 Å². The van der Waals surface area contributed by atoms with Crippen molar-refractivity contribution in [1.82, 2.24) is 10.6 Å². The molecule has 7 heteroatoms. The fraction of sp³-hybridized carbons (Fsp3) is 0.321. The van der Waals surface area contributed by atoms with E-state index in [2.05, 4.69) is 29.3 Å². The Kier molecular flexibility index (Phi) is 7.65. The molecular weight excluding hydrogens is 444 g/mol. The quantitative estimate of drug-likeness (QED) is 0.468. The Morgan fingerprint density at radius 1 is 1.09 bits per heavy atom. The van der Waals surface area contributed by atoms with Gasteiger partial charge in [-0.3, -0.25) is 9.59 Å². The summed E-state index contributed by atoms with van der Waals surface area (Å²) in [6.45, 7) is 3.85. The second kappa shape index (κ2) is 11.0. The number of aliphatic carboxylic acids is 1. The van der Waals surface area contributed by atoms with E-state index >= 15 is 0 Å². The molecule has 0 radical (unpaired) electrons. The molecule has 182 valence electrons. The number of carbonyl (C=O) groups excluding carboxylic acids is 2. The van der Waals surface area contributed by atoms with E-state index in [1.165, 1.54) is 0 Å². The maximum absolute atomic E-state index is 12.9. The third kappa shape index (κ3) is 5.62. The minimum Gasteiger partial charge on any atom is -0.481 e. The average Bonchev–Trinajstić information content (AvgIpc) is 3.19. The van der Waals surface area contributed by atoms with Gasteiger partial charge in [0.25, 0.3) is 0 Å². The van der Waals surface area contributed by atoms with Gasteiger partial charge in [0.2, 0.25) is 5.91 Å². The van der Waals surface area contributed by atoms with Gasteiger partial charge < -0.3 is 20.5 Å². The molecule has 0 saturated carbocycles. The average molecular weight is 475 g/mol. The van der Waals surface area contributed by atoms with E-state index in [1.807, 2.05) is 36.4 Å². The predicted octanol–water partition coefficient (Wildman–Crippen LogP) is 4.40. The van der Waals surface area contributed by atoms with Gasteiger partial charge in [-0.2, -0.15) is 0 Å². The van der Waals surface area contributed by atoms with Crippen molar-refractivity contribution in [2.45, 2.75) is 43.7 Å². The molecule has 3 atom stereocenters. The summed E-state index contributed by atoms with van der Waals surface area (Å²) in [6.07, 6.45) is 6.23. The summed E-state index contributed by atoms with van der Waals surface area (Å²) in [5, 5.41) is 14.8. The number of carboxylic acids is 1.